The van der Waals surface area contributed by atoms with Gasteiger partial charge in [-0.1, -0.05) is 13.8 Å². The maximum Gasteiger partial charge on any atom is 0.257 e. The third kappa shape index (κ3) is 4.61. The lowest BCUT2D eigenvalue weighted by molar-refractivity contribution is 0.0777. The molecule has 2 rings (SSSR count). The van der Waals surface area contributed by atoms with Gasteiger partial charge in [-0.3, -0.25) is 9.69 Å². The minimum absolute atomic E-state index is 0. The number of nitrogens with zero attached hydrogens (tertiary/aromatic N) is 2. The molecule has 1 atom stereocenters. The van der Waals surface area contributed by atoms with Crippen LogP contribution in [-0.4, -0.2) is 47.9 Å². The molecule has 0 saturated carbocycles. The van der Waals surface area contributed by atoms with Gasteiger partial charge < -0.3 is 15.1 Å². The van der Waals surface area contributed by atoms with Crippen molar-refractivity contribution in [3.63, 3.8) is 0 Å². The first-order valence-corrected chi connectivity index (χ1v) is 7.00. The van der Waals surface area contributed by atoms with Gasteiger partial charge >= 0.3 is 0 Å². The summed E-state index contributed by atoms with van der Waals surface area (Å²) in [6.07, 6.45) is 2.56. The molecule has 122 valence electrons. The van der Waals surface area contributed by atoms with Crippen molar-refractivity contribution < 1.29 is 9.21 Å². The van der Waals surface area contributed by atoms with E-state index < -0.39 is 0 Å². The number of halogens is 2. The maximum absolute atomic E-state index is 12.3. The number of furan rings is 1. The highest BCUT2D eigenvalue weighted by Gasteiger charge is 2.30. The first-order valence-electron chi connectivity index (χ1n) is 7.00. The van der Waals surface area contributed by atoms with Crippen molar-refractivity contribution in [2.24, 2.45) is 5.73 Å². The fraction of sp³-hybridized carbons (Fsp3) is 0.643. The number of rotatable bonds is 5. The first kappa shape index (κ1) is 20.2. The normalized spacial score (nSPS) is 17.5. The fourth-order valence-electron chi connectivity index (χ4n) is 2.75. The van der Waals surface area contributed by atoms with Crippen molar-refractivity contribution in [2.75, 3.05) is 26.2 Å². The number of carbonyl (C=O) groups is 1. The molecule has 1 aromatic rings. The van der Waals surface area contributed by atoms with Gasteiger partial charge in [0, 0.05) is 19.1 Å². The van der Waals surface area contributed by atoms with E-state index in [2.05, 4.69) is 18.7 Å². The quantitative estimate of drug-likeness (QED) is 0.893. The van der Waals surface area contributed by atoms with E-state index in [1.165, 1.54) is 6.26 Å². The highest BCUT2D eigenvalue weighted by molar-refractivity contribution is 5.94. The summed E-state index contributed by atoms with van der Waals surface area (Å²) in [5.74, 6) is 0.709. The molecule has 2 N–H and O–H groups in total. The van der Waals surface area contributed by atoms with E-state index in [0.29, 0.717) is 23.9 Å². The molecular weight excluding hydrogens is 313 g/mol. The average Bonchev–Trinajstić information content (AvgIpc) is 3.08. The van der Waals surface area contributed by atoms with Crippen LogP contribution in [0.2, 0.25) is 0 Å². The smallest absolute Gasteiger partial charge is 0.257 e. The number of nitrogens with two attached hydrogens (primary N) is 1. The molecule has 7 heteroatoms. The average molecular weight is 338 g/mol. The predicted molar refractivity (Wildman–Crippen MR) is 88.3 cm³/mol. The van der Waals surface area contributed by atoms with Gasteiger partial charge in [-0.05, 0) is 25.6 Å². The minimum Gasteiger partial charge on any atom is -0.467 e. The molecule has 1 amide bonds. The van der Waals surface area contributed by atoms with Gasteiger partial charge in [-0.25, -0.2) is 0 Å². The van der Waals surface area contributed by atoms with E-state index in [1.807, 2.05) is 4.90 Å². The van der Waals surface area contributed by atoms with Gasteiger partial charge in [0.05, 0.1) is 12.1 Å². The Morgan fingerprint density at radius 1 is 1.43 bits per heavy atom. The molecule has 0 aliphatic carbocycles. The lowest BCUT2D eigenvalue weighted by Gasteiger charge is -2.26. The van der Waals surface area contributed by atoms with Crippen LogP contribution in [0.5, 0.6) is 0 Å². The summed E-state index contributed by atoms with van der Waals surface area (Å²) in [5.41, 5.74) is 6.10. The summed E-state index contributed by atoms with van der Waals surface area (Å²) in [6.45, 7) is 8.36. The van der Waals surface area contributed by atoms with E-state index in [1.54, 1.807) is 6.07 Å². The number of hydrogen-bond acceptors (Lipinski definition) is 4. The molecule has 1 fully saturated rings. The van der Waals surface area contributed by atoms with Crippen molar-refractivity contribution in [1.29, 1.82) is 0 Å². The van der Waals surface area contributed by atoms with Crippen LogP contribution < -0.4 is 5.73 Å². The van der Waals surface area contributed by atoms with Crippen molar-refractivity contribution in [3.05, 3.63) is 23.7 Å². The second-order valence-corrected chi connectivity index (χ2v) is 4.92. The van der Waals surface area contributed by atoms with Gasteiger partial charge in [0.1, 0.15) is 12.0 Å². The highest BCUT2D eigenvalue weighted by Crippen LogP contribution is 2.19. The van der Waals surface area contributed by atoms with Crippen LogP contribution in [-0.2, 0) is 6.54 Å². The monoisotopic (exact) mass is 337 g/mol. The third-order valence-electron chi connectivity index (χ3n) is 3.88. The molecule has 5 nitrogen and oxygen atoms in total. The van der Waals surface area contributed by atoms with E-state index >= 15 is 0 Å². The molecule has 1 aliphatic rings. The van der Waals surface area contributed by atoms with Crippen LogP contribution in [0.3, 0.4) is 0 Å². The lowest BCUT2D eigenvalue weighted by atomic mass is 10.2. The van der Waals surface area contributed by atoms with E-state index in [-0.39, 0.29) is 30.7 Å². The lowest BCUT2D eigenvalue weighted by Crippen LogP contribution is -2.38. The van der Waals surface area contributed by atoms with Crippen molar-refractivity contribution >= 4 is 30.7 Å². The molecule has 0 spiro atoms. The second-order valence-electron chi connectivity index (χ2n) is 4.92. The van der Waals surface area contributed by atoms with E-state index in [0.717, 1.165) is 32.6 Å². The Balaban J connectivity index is 0.00000200. The Morgan fingerprint density at radius 3 is 2.62 bits per heavy atom. The SMILES string of the molecule is CCN(CC)C1CCN(C(=O)c2coc(CN)c2)C1.Cl.Cl. The van der Waals surface area contributed by atoms with Crippen LogP contribution in [0.25, 0.3) is 0 Å². The summed E-state index contributed by atoms with van der Waals surface area (Å²) >= 11 is 0. The molecule has 1 saturated heterocycles. The second kappa shape index (κ2) is 9.30. The van der Waals surface area contributed by atoms with E-state index in [4.69, 9.17) is 10.2 Å². The molecule has 0 bridgehead atoms. The standard InChI is InChI=1S/C14H23N3O2.2ClH/c1-3-16(4-2)12-5-6-17(9-12)14(18)11-7-13(8-15)19-10-11;;/h7,10,12H,3-6,8-9,15H2,1-2H3;2*1H. The number of hydrogen-bond donors (Lipinski definition) is 1. The van der Waals surface area contributed by atoms with Crippen molar-refractivity contribution in [2.45, 2.75) is 32.9 Å². The summed E-state index contributed by atoms with van der Waals surface area (Å²) < 4.78 is 5.23. The zero-order chi connectivity index (χ0) is 13.8. The molecule has 0 radical (unpaired) electrons. The molecular formula is C14H25Cl2N3O2. The van der Waals surface area contributed by atoms with Gasteiger partial charge in [0.15, 0.2) is 0 Å². The van der Waals surface area contributed by atoms with Crippen LogP contribution in [0.1, 0.15) is 36.4 Å². The Kier molecular flexibility index (Phi) is 8.97. The summed E-state index contributed by atoms with van der Waals surface area (Å²) in [7, 11) is 0. The van der Waals surface area contributed by atoms with Crippen LogP contribution in [0.15, 0.2) is 16.7 Å². The molecule has 1 aromatic heterocycles. The summed E-state index contributed by atoms with van der Waals surface area (Å²) in [6, 6.07) is 2.23. The topological polar surface area (TPSA) is 62.7 Å². The predicted octanol–water partition coefficient (Wildman–Crippen LogP) is 2.14. The Labute approximate surface area is 138 Å². The van der Waals surface area contributed by atoms with Crippen LogP contribution in [0, 0.1) is 0 Å². The molecule has 1 aliphatic heterocycles. The van der Waals surface area contributed by atoms with E-state index in [9.17, 15) is 4.79 Å². The first-order chi connectivity index (χ1) is 9.19. The highest BCUT2D eigenvalue weighted by atomic mass is 35.5. The van der Waals surface area contributed by atoms with Gasteiger partial charge in [-0.2, -0.15) is 0 Å². The van der Waals surface area contributed by atoms with Gasteiger partial charge in [0.25, 0.3) is 5.91 Å². The number of carbonyl (C=O) groups excluding carboxylic acids is 1. The Morgan fingerprint density at radius 2 is 2.10 bits per heavy atom. The molecule has 2 heterocycles. The van der Waals surface area contributed by atoms with Crippen molar-refractivity contribution in [3.8, 4) is 0 Å². The number of likely N-dealkylation sites (tertiary alicyclic amines) is 1. The Bertz CT molecular complexity index is 436. The largest absolute Gasteiger partial charge is 0.467 e. The van der Waals surface area contributed by atoms with Crippen molar-refractivity contribution in [1.82, 2.24) is 9.80 Å². The number of likely N-dealkylation sites (N-methyl/N-ethyl adjacent to an activating group) is 1. The zero-order valence-electron chi connectivity index (χ0n) is 12.6. The molecule has 1 unspecified atom stereocenters. The zero-order valence-corrected chi connectivity index (χ0v) is 14.2. The Hall–Kier alpha value is -0.750. The third-order valence-corrected chi connectivity index (χ3v) is 3.88. The van der Waals surface area contributed by atoms with Crippen LogP contribution in [0.4, 0.5) is 0 Å². The summed E-state index contributed by atoms with van der Waals surface area (Å²) in [5, 5.41) is 0. The molecule has 0 aromatic carbocycles. The van der Waals surface area contributed by atoms with Gasteiger partial charge in [0.2, 0.25) is 0 Å². The molecule has 21 heavy (non-hydrogen) atoms. The number of amides is 1. The summed E-state index contributed by atoms with van der Waals surface area (Å²) in [4.78, 5) is 16.6. The van der Waals surface area contributed by atoms with Crippen LogP contribution >= 0.6 is 24.8 Å². The minimum atomic E-state index is 0. The fourth-order valence-corrected chi connectivity index (χ4v) is 2.75. The maximum atomic E-state index is 12.3. The van der Waals surface area contributed by atoms with Gasteiger partial charge in [-0.15, -0.1) is 24.8 Å².